The molecule has 3 N–H and O–H groups in total. The summed E-state index contributed by atoms with van der Waals surface area (Å²) in [6.45, 7) is 2.53. The SMILES string of the molecule is CC(C(=O)Nc1cc(CNc2ccccc2)ccc1CCCC(=O)O)c1cccc2ccccc12. The van der Waals surface area contributed by atoms with Crippen LogP contribution in [0.2, 0.25) is 0 Å². The van der Waals surface area contributed by atoms with Crippen molar-refractivity contribution in [3.63, 3.8) is 0 Å². The fraction of sp³-hybridized carbons (Fsp3) is 0.200. The van der Waals surface area contributed by atoms with E-state index in [0.717, 1.165) is 38.8 Å². The van der Waals surface area contributed by atoms with Crippen LogP contribution in [0.5, 0.6) is 0 Å². The van der Waals surface area contributed by atoms with Crippen molar-refractivity contribution in [2.75, 3.05) is 10.6 Å². The molecule has 4 aromatic rings. The van der Waals surface area contributed by atoms with Crippen molar-refractivity contribution in [3.05, 3.63) is 108 Å². The van der Waals surface area contributed by atoms with Crippen LogP contribution in [-0.4, -0.2) is 17.0 Å². The van der Waals surface area contributed by atoms with Crippen LogP contribution in [0.25, 0.3) is 10.8 Å². The first-order valence-electron chi connectivity index (χ1n) is 11.9. The number of carboxylic acid groups (broad SMARTS) is 1. The molecule has 178 valence electrons. The van der Waals surface area contributed by atoms with Crippen LogP contribution in [0.4, 0.5) is 11.4 Å². The van der Waals surface area contributed by atoms with E-state index >= 15 is 0 Å². The molecule has 0 aromatic heterocycles. The number of carbonyl (C=O) groups excluding carboxylic acids is 1. The van der Waals surface area contributed by atoms with Gasteiger partial charge in [0.15, 0.2) is 0 Å². The van der Waals surface area contributed by atoms with Gasteiger partial charge < -0.3 is 15.7 Å². The predicted molar refractivity (Wildman–Crippen MR) is 142 cm³/mol. The van der Waals surface area contributed by atoms with Crippen molar-refractivity contribution < 1.29 is 14.7 Å². The Bertz CT molecular complexity index is 1310. The molecule has 1 atom stereocenters. The maximum absolute atomic E-state index is 13.4. The Morgan fingerprint density at radius 1 is 0.886 bits per heavy atom. The van der Waals surface area contributed by atoms with Gasteiger partial charge in [-0.2, -0.15) is 0 Å². The maximum atomic E-state index is 13.4. The second kappa shape index (κ2) is 11.3. The van der Waals surface area contributed by atoms with Crippen LogP contribution in [0, 0.1) is 0 Å². The molecule has 0 saturated carbocycles. The summed E-state index contributed by atoms with van der Waals surface area (Å²) in [7, 11) is 0. The normalized spacial score (nSPS) is 11.7. The van der Waals surface area contributed by atoms with Crippen LogP contribution in [0.1, 0.15) is 42.4 Å². The first-order chi connectivity index (χ1) is 17.0. The van der Waals surface area contributed by atoms with E-state index in [9.17, 15) is 9.59 Å². The van der Waals surface area contributed by atoms with E-state index in [2.05, 4.69) is 10.6 Å². The molecule has 0 aliphatic rings. The fourth-order valence-electron chi connectivity index (χ4n) is 4.27. The van der Waals surface area contributed by atoms with E-state index in [1.165, 1.54) is 0 Å². The first-order valence-corrected chi connectivity index (χ1v) is 11.9. The zero-order chi connectivity index (χ0) is 24.6. The Morgan fingerprint density at radius 3 is 2.43 bits per heavy atom. The summed E-state index contributed by atoms with van der Waals surface area (Å²) in [6.07, 6.45) is 1.19. The van der Waals surface area contributed by atoms with Crippen LogP contribution in [-0.2, 0) is 22.6 Å². The average molecular weight is 467 g/mol. The number of hydrogen-bond donors (Lipinski definition) is 3. The predicted octanol–water partition coefficient (Wildman–Crippen LogP) is 6.60. The molecule has 1 amide bonds. The standard InChI is InChI=1S/C30H30N2O3/c1-21(26-15-7-10-23-9-5-6-14-27(23)26)30(35)32-28-19-22(20-31-25-12-3-2-4-13-25)17-18-24(28)11-8-16-29(33)34/h2-7,9-10,12-15,17-19,21,31H,8,11,16,20H2,1H3,(H,32,35)(H,33,34). The van der Waals surface area contributed by atoms with E-state index in [0.29, 0.717) is 19.4 Å². The van der Waals surface area contributed by atoms with Crippen molar-refractivity contribution in [3.8, 4) is 0 Å². The van der Waals surface area contributed by atoms with Gasteiger partial charge in [-0.05, 0) is 65.4 Å². The minimum absolute atomic E-state index is 0.0889. The number of para-hydroxylation sites is 1. The van der Waals surface area contributed by atoms with Crippen molar-refractivity contribution in [1.82, 2.24) is 0 Å². The third-order valence-corrected chi connectivity index (χ3v) is 6.22. The Morgan fingerprint density at radius 2 is 1.63 bits per heavy atom. The number of nitrogens with one attached hydrogen (secondary N) is 2. The van der Waals surface area contributed by atoms with E-state index in [4.69, 9.17) is 5.11 Å². The number of hydrogen-bond acceptors (Lipinski definition) is 3. The van der Waals surface area contributed by atoms with Crippen LogP contribution in [0.3, 0.4) is 0 Å². The number of rotatable bonds is 10. The van der Waals surface area contributed by atoms with Gasteiger partial charge in [0, 0.05) is 24.3 Å². The Labute approximate surface area is 205 Å². The maximum Gasteiger partial charge on any atom is 0.303 e. The summed E-state index contributed by atoms with van der Waals surface area (Å²) >= 11 is 0. The molecule has 0 aliphatic carbocycles. The molecule has 0 aliphatic heterocycles. The minimum atomic E-state index is -0.816. The van der Waals surface area contributed by atoms with Crippen molar-refractivity contribution in [2.24, 2.45) is 0 Å². The smallest absolute Gasteiger partial charge is 0.303 e. The summed E-state index contributed by atoms with van der Waals surface area (Å²) in [5, 5.41) is 17.7. The fourth-order valence-corrected chi connectivity index (χ4v) is 4.27. The molecule has 0 radical (unpaired) electrons. The highest BCUT2D eigenvalue weighted by Crippen LogP contribution is 2.28. The second-order valence-corrected chi connectivity index (χ2v) is 8.74. The average Bonchev–Trinajstić information content (AvgIpc) is 2.88. The molecule has 4 aromatic carbocycles. The van der Waals surface area contributed by atoms with Gasteiger partial charge in [-0.1, -0.05) is 72.8 Å². The molecular formula is C30H30N2O3. The lowest BCUT2D eigenvalue weighted by molar-refractivity contribution is -0.137. The molecule has 1 unspecified atom stereocenters. The monoisotopic (exact) mass is 466 g/mol. The molecule has 4 rings (SSSR count). The second-order valence-electron chi connectivity index (χ2n) is 8.74. The van der Waals surface area contributed by atoms with Crippen molar-refractivity contribution in [1.29, 1.82) is 0 Å². The topological polar surface area (TPSA) is 78.4 Å². The van der Waals surface area contributed by atoms with E-state index in [-0.39, 0.29) is 18.2 Å². The van der Waals surface area contributed by atoms with Gasteiger partial charge in [0.2, 0.25) is 5.91 Å². The number of carbonyl (C=O) groups is 2. The number of aliphatic carboxylic acids is 1. The number of aryl methyl sites for hydroxylation is 1. The minimum Gasteiger partial charge on any atom is -0.481 e. The van der Waals surface area contributed by atoms with Gasteiger partial charge in [0.25, 0.3) is 0 Å². The zero-order valence-electron chi connectivity index (χ0n) is 19.8. The van der Waals surface area contributed by atoms with Crippen LogP contribution >= 0.6 is 0 Å². The quantitative estimate of drug-likeness (QED) is 0.246. The van der Waals surface area contributed by atoms with Gasteiger partial charge in [0.05, 0.1) is 5.92 Å². The molecule has 0 heterocycles. The molecule has 0 fully saturated rings. The molecule has 5 heteroatoms. The number of benzene rings is 4. The number of anilines is 2. The third-order valence-electron chi connectivity index (χ3n) is 6.22. The summed E-state index contributed by atoms with van der Waals surface area (Å²) in [6, 6.07) is 30.1. The molecule has 0 bridgehead atoms. The van der Waals surface area contributed by atoms with Gasteiger partial charge in [0.1, 0.15) is 0 Å². The van der Waals surface area contributed by atoms with Gasteiger partial charge >= 0.3 is 5.97 Å². The summed E-state index contributed by atoms with van der Waals surface area (Å²) in [5.74, 6) is -1.25. The Hall–Kier alpha value is -4.12. The van der Waals surface area contributed by atoms with Crippen LogP contribution < -0.4 is 10.6 Å². The summed E-state index contributed by atoms with van der Waals surface area (Å²) in [5.41, 5.74) is 4.71. The highest BCUT2D eigenvalue weighted by Gasteiger charge is 2.19. The number of carboxylic acids is 1. The summed E-state index contributed by atoms with van der Waals surface area (Å²) in [4.78, 5) is 24.4. The van der Waals surface area contributed by atoms with E-state index in [1.54, 1.807) is 0 Å². The Kier molecular flexibility index (Phi) is 7.78. The molecule has 5 nitrogen and oxygen atoms in total. The van der Waals surface area contributed by atoms with Gasteiger partial charge in [-0.15, -0.1) is 0 Å². The Balaban J connectivity index is 1.55. The molecule has 35 heavy (non-hydrogen) atoms. The lowest BCUT2D eigenvalue weighted by Gasteiger charge is -2.18. The highest BCUT2D eigenvalue weighted by molar-refractivity contribution is 5.99. The molecule has 0 saturated heterocycles. The number of fused-ring (bicyclic) bond motifs is 1. The largest absolute Gasteiger partial charge is 0.481 e. The van der Waals surface area contributed by atoms with Gasteiger partial charge in [-0.25, -0.2) is 0 Å². The highest BCUT2D eigenvalue weighted by atomic mass is 16.4. The molecular weight excluding hydrogens is 436 g/mol. The van der Waals surface area contributed by atoms with E-state index in [1.807, 2.05) is 97.9 Å². The lowest BCUT2D eigenvalue weighted by Crippen LogP contribution is -2.20. The lowest BCUT2D eigenvalue weighted by atomic mass is 9.94. The van der Waals surface area contributed by atoms with Crippen molar-refractivity contribution >= 4 is 34.0 Å². The molecule has 0 spiro atoms. The summed E-state index contributed by atoms with van der Waals surface area (Å²) < 4.78 is 0. The third kappa shape index (κ3) is 6.27. The van der Waals surface area contributed by atoms with Crippen LogP contribution in [0.15, 0.2) is 91.0 Å². The van der Waals surface area contributed by atoms with Crippen molar-refractivity contribution in [2.45, 2.75) is 38.6 Å². The zero-order valence-corrected chi connectivity index (χ0v) is 19.8. The van der Waals surface area contributed by atoms with E-state index < -0.39 is 5.97 Å². The van der Waals surface area contributed by atoms with Gasteiger partial charge in [-0.3, -0.25) is 9.59 Å². The number of amides is 1. The first kappa shape index (κ1) is 24.0.